The molecule has 1 saturated heterocycles. The maximum atomic E-state index is 12.9. The monoisotopic (exact) mass is 501 g/mol. The summed E-state index contributed by atoms with van der Waals surface area (Å²) in [6.45, 7) is 8.61. The Morgan fingerprint density at radius 2 is 1.68 bits per heavy atom. The number of rotatable bonds is 5. The van der Waals surface area contributed by atoms with Crippen molar-refractivity contribution in [3.05, 3.63) is 65.4 Å². The molecular weight excluding hydrogens is 470 g/mol. The van der Waals surface area contributed by atoms with Crippen LogP contribution >= 0.6 is 0 Å². The van der Waals surface area contributed by atoms with Gasteiger partial charge in [0.1, 0.15) is 17.9 Å². The highest BCUT2D eigenvalue weighted by Gasteiger charge is 2.56. The fraction of sp³-hybridized carbons (Fsp3) is 0.393. The van der Waals surface area contributed by atoms with Gasteiger partial charge in [-0.25, -0.2) is 4.79 Å². The second kappa shape index (κ2) is 8.92. The molecule has 1 unspecified atom stereocenters. The Bertz CT molecular complexity index is 1320. The number of allylic oxidation sites excluding steroid dienone is 1. The predicted octanol–water partition coefficient (Wildman–Crippen LogP) is 3.65. The molecule has 192 valence electrons. The topological polar surface area (TPSA) is 104 Å². The van der Waals surface area contributed by atoms with Gasteiger partial charge in [0, 0.05) is 48.2 Å². The SMILES string of the molecule is CC(C)(C)OC(=O)NC1[C@H]2CN(CCO/N=C3/C(=C4/C(=O)Nc5ccccc54)Nc4ccccc43)C[C@@H]12. The van der Waals surface area contributed by atoms with Crippen molar-refractivity contribution in [2.24, 2.45) is 17.0 Å². The Morgan fingerprint density at radius 1 is 1.03 bits per heavy atom. The van der Waals surface area contributed by atoms with Crippen LogP contribution < -0.4 is 16.0 Å². The van der Waals surface area contributed by atoms with Crippen LogP contribution in [0.3, 0.4) is 0 Å². The predicted molar refractivity (Wildman–Crippen MR) is 141 cm³/mol. The van der Waals surface area contributed by atoms with E-state index in [1.807, 2.05) is 69.3 Å². The van der Waals surface area contributed by atoms with Crippen molar-refractivity contribution in [2.45, 2.75) is 32.4 Å². The lowest BCUT2D eigenvalue weighted by Gasteiger charge is -2.22. The number of piperidine rings is 1. The Hall–Kier alpha value is -3.85. The van der Waals surface area contributed by atoms with Crippen molar-refractivity contribution in [3.8, 4) is 0 Å². The van der Waals surface area contributed by atoms with Crippen LogP contribution in [-0.4, -0.2) is 60.5 Å². The molecule has 2 fully saturated rings. The minimum Gasteiger partial charge on any atom is -0.444 e. The van der Waals surface area contributed by atoms with E-state index in [1.54, 1.807) is 0 Å². The number of carbonyl (C=O) groups excluding carboxylic acids is 2. The normalized spacial score (nSPS) is 26.7. The van der Waals surface area contributed by atoms with E-state index in [1.165, 1.54) is 0 Å². The zero-order chi connectivity index (χ0) is 25.7. The highest BCUT2D eigenvalue weighted by atomic mass is 16.6. The molecule has 2 aromatic carbocycles. The smallest absolute Gasteiger partial charge is 0.407 e. The number of anilines is 2. The number of benzene rings is 2. The van der Waals surface area contributed by atoms with Gasteiger partial charge >= 0.3 is 6.09 Å². The zero-order valence-corrected chi connectivity index (χ0v) is 21.2. The Morgan fingerprint density at radius 3 is 2.38 bits per heavy atom. The van der Waals surface area contributed by atoms with Gasteiger partial charge in [0.15, 0.2) is 0 Å². The summed E-state index contributed by atoms with van der Waals surface area (Å²) in [5.74, 6) is 0.763. The second-order valence-corrected chi connectivity index (χ2v) is 11.0. The second-order valence-electron chi connectivity index (χ2n) is 11.0. The van der Waals surface area contributed by atoms with E-state index in [2.05, 4.69) is 26.0 Å². The number of amides is 2. The summed E-state index contributed by atoms with van der Waals surface area (Å²) in [6, 6.07) is 15.7. The third-order valence-electron chi connectivity index (χ3n) is 7.21. The van der Waals surface area contributed by atoms with Crippen LogP contribution in [0.4, 0.5) is 16.2 Å². The minimum atomic E-state index is -0.491. The van der Waals surface area contributed by atoms with Crippen molar-refractivity contribution < 1.29 is 19.2 Å². The molecule has 0 aromatic heterocycles. The maximum Gasteiger partial charge on any atom is 0.407 e. The van der Waals surface area contributed by atoms with Gasteiger partial charge in [-0.05, 0) is 44.7 Å². The number of para-hydroxylation sites is 2. The van der Waals surface area contributed by atoms with Crippen LogP contribution in [0, 0.1) is 11.8 Å². The number of carbonyl (C=O) groups is 2. The van der Waals surface area contributed by atoms with E-state index in [0.717, 1.165) is 42.1 Å². The van der Waals surface area contributed by atoms with Crippen LogP contribution in [0.1, 0.15) is 31.9 Å². The molecule has 3 heterocycles. The van der Waals surface area contributed by atoms with Gasteiger partial charge in [-0.3, -0.25) is 9.69 Å². The number of hydrogen-bond donors (Lipinski definition) is 3. The van der Waals surface area contributed by atoms with Crippen molar-refractivity contribution in [1.82, 2.24) is 10.2 Å². The molecule has 9 heteroatoms. The first-order valence-electron chi connectivity index (χ1n) is 12.7. The first-order valence-corrected chi connectivity index (χ1v) is 12.7. The largest absolute Gasteiger partial charge is 0.444 e. The molecule has 3 N–H and O–H groups in total. The van der Waals surface area contributed by atoms with Crippen LogP contribution in [0.5, 0.6) is 0 Å². The molecule has 6 rings (SSSR count). The van der Waals surface area contributed by atoms with Gasteiger partial charge in [-0.2, -0.15) is 0 Å². The summed E-state index contributed by atoms with van der Waals surface area (Å²) in [4.78, 5) is 33.0. The fourth-order valence-corrected chi connectivity index (χ4v) is 5.50. The molecule has 2 aromatic rings. The Balaban J connectivity index is 1.09. The third kappa shape index (κ3) is 4.55. The van der Waals surface area contributed by atoms with Gasteiger partial charge in [-0.1, -0.05) is 41.6 Å². The molecule has 9 nitrogen and oxygen atoms in total. The summed E-state index contributed by atoms with van der Waals surface area (Å²) in [5.41, 5.74) is 4.80. The lowest BCUT2D eigenvalue weighted by Crippen LogP contribution is -2.38. The summed E-state index contributed by atoms with van der Waals surface area (Å²) in [6.07, 6.45) is -0.341. The number of ether oxygens (including phenoxy) is 1. The van der Waals surface area contributed by atoms with Gasteiger partial charge < -0.3 is 25.5 Å². The van der Waals surface area contributed by atoms with E-state index in [9.17, 15) is 9.59 Å². The number of nitrogens with zero attached hydrogens (tertiary/aromatic N) is 2. The van der Waals surface area contributed by atoms with Gasteiger partial charge in [0.05, 0.1) is 11.3 Å². The van der Waals surface area contributed by atoms with Crippen molar-refractivity contribution in [2.75, 3.05) is 36.9 Å². The lowest BCUT2D eigenvalue weighted by atomic mass is 10.0. The zero-order valence-electron chi connectivity index (χ0n) is 21.2. The van der Waals surface area contributed by atoms with Crippen LogP contribution in [0.25, 0.3) is 5.57 Å². The number of likely N-dealkylation sites (tertiary alicyclic amines) is 1. The summed E-state index contributed by atoms with van der Waals surface area (Å²) in [5, 5.41) is 13.8. The highest BCUT2D eigenvalue weighted by molar-refractivity contribution is 6.39. The number of nitrogens with one attached hydrogen (secondary N) is 3. The molecule has 3 aliphatic heterocycles. The number of oxime groups is 1. The van der Waals surface area contributed by atoms with Crippen LogP contribution in [0.2, 0.25) is 0 Å². The molecule has 1 saturated carbocycles. The minimum absolute atomic E-state index is 0.157. The standard InChI is InChI=1S/C28H31N5O4/c1-28(2,3)37-27(35)31-23-18-14-33(15-19(18)23)12-13-36-32-24-17-9-5-7-11-21(17)29-25(24)22-16-8-4-6-10-20(16)30-26(22)34/h4-11,18-19,23,29H,12-15H2,1-3H3,(H,30,34)(H,31,35)/b25-22-,32-24+/t18-,19+,23?. The first-order chi connectivity index (χ1) is 17.8. The maximum absolute atomic E-state index is 12.9. The highest BCUT2D eigenvalue weighted by Crippen LogP contribution is 2.45. The quantitative estimate of drug-likeness (QED) is 0.328. The molecule has 2 amide bonds. The van der Waals surface area contributed by atoms with E-state index in [0.29, 0.717) is 35.4 Å². The van der Waals surface area contributed by atoms with Crippen LogP contribution in [0.15, 0.2) is 59.4 Å². The van der Waals surface area contributed by atoms with E-state index in [4.69, 9.17) is 9.57 Å². The average molecular weight is 502 g/mol. The average Bonchev–Trinajstić information content (AvgIpc) is 3.19. The van der Waals surface area contributed by atoms with Crippen molar-refractivity contribution >= 4 is 34.7 Å². The summed E-state index contributed by atoms with van der Waals surface area (Å²) in [7, 11) is 0. The molecule has 3 atom stereocenters. The van der Waals surface area contributed by atoms with Crippen LogP contribution in [-0.2, 0) is 14.4 Å². The Labute approximate surface area is 215 Å². The number of fused-ring (bicyclic) bond motifs is 3. The molecule has 0 spiro atoms. The molecule has 37 heavy (non-hydrogen) atoms. The number of hydrogen-bond acceptors (Lipinski definition) is 7. The van der Waals surface area contributed by atoms with E-state index < -0.39 is 5.60 Å². The first kappa shape index (κ1) is 23.5. The molecule has 0 radical (unpaired) electrons. The molecule has 1 aliphatic carbocycles. The van der Waals surface area contributed by atoms with Gasteiger partial charge in [-0.15, -0.1) is 0 Å². The molecular formula is C28H31N5O4. The van der Waals surface area contributed by atoms with E-state index in [-0.39, 0.29) is 18.0 Å². The van der Waals surface area contributed by atoms with Crippen molar-refractivity contribution in [3.63, 3.8) is 0 Å². The molecule has 4 aliphatic rings. The lowest BCUT2D eigenvalue weighted by molar-refractivity contribution is -0.110. The summed E-state index contributed by atoms with van der Waals surface area (Å²) >= 11 is 0. The fourth-order valence-electron chi connectivity index (χ4n) is 5.50. The Kier molecular flexibility index (Phi) is 5.67. The molecule has 0 bridgehead atoms. The van der Waals surface area contributed by atoms with E-state index >= 15 is 0 Å². The summed E-state index contributed by atoms with van der Waals surface area (Å²) < 4.78 is 5.37. The third-order valence-corrected chi connectivity index (χ3v) is 7.21. The van der Waals surface area contributed by atoms with Gasteiger partial charge in [0.25, 0.3) is 5.91 Å². The van der Waals surface area contributed by atoms with Crippen molar-refractivity contribution in [1.29, 1.82) is 0 Å². The van der Waals surface area contributed by atoms with Gasteiger partial charge in [0.2, 0.25) is 0 Å². The number of alkyl carbamates (subject to hydrolysis) is 1.